The minimum Gasteiger partial charge on any atom is -0.327 e. The van der Waals surface area contributed by atoms with E-state index in [2.05, 4.69) is 21.0 Å². The van der Waals surface area contributed by atoms with Crippen molar-refractivity contribution in [2.75, 3.05) is 5.75 Å². The zero-order valence-electron chi connectivity index (χ0n) is 11.4. The van der Waals surface area contributed by atoms with Crippen LogP contribution in [0.1, 0.15) is 11.4 Å². The van der Waals surface area contributed by atoms with E-state index in [0.29, 0.717) is 0 Å². The SMILES string of the molecule is Cc1nn(C)c(CC(N)CSc2ccc(F)cc2)c1Br. The first kappa shape index (κ1) is 15.5. The van der Waals surface area contributed by atoms with E-state index in [9.17, 15) is 4.39 Å². The minimum absolute atomic E-state index is 0.0242. The van der Waals surface area contributed by atoms with Crippen LogP contribution in [0.4, 0.5) is 4.39 Å². The average Bonchev–Trinajstić information content (AvgIpc) is 2.65. The van der Waals surface area contributed by atoms with Gasteiger partial charge in [-0.1, -0.05) is 0 Å². The normalized spacial score (nSPS) is 12.7. The Labute approximate surface area is 130 Å². The summed E-state index contributed by atoms with van der Waals surface area (Å²) in [4.78, 5) is 1.03. The summed E-state index contributed by atoms with van der Waals surface area (Å²) in [6.45, 7) is 1.96. The molecule has 108 valence electrons. The molecule has 0 fully saturated rings. The molecule has 1 aromatic carbocycles. The topological polar surface area (TPSA) is 43.8 Å². The molecule has 1 unspecified atom stereocenters. The second-order valence-corrected chi connectivity index (χ2v) is 6.59. The number of hydrogen-bond acceptors (Lipinski definition) is 3. The van der Waals surface area contributed by atoms with Gasteiger partial charge in [-0.3, -0.25) is 4.68 Å². The van der Waals surface area contributed by atoms with Crippen molar-refractivity contribution in [3.05, 3.63) is 45.9 Å². The summed E-state index contributed by atoms with van der Waals surface area (Å²) in [5.74, 6) is 0.565. The van der Waals surface area contributed by atoms with E-state index in [1.165, 1.54) is 12.1 Å². The van der Waals surface area contributed by atoms with E-state index in [0.717, 1.165) is 32.9 Å². The van der Waals surface area contributed by atoms with E-state index >= 15 is 0 Å². The molecule has 1 heterocycles. The molecule has 0 aliphatic carbocycles. The van der Waals surface area contributed by atoms with E-state index in [1.807, 2.05) is 18.7 Å². The quantitative estimate of drug-likeness (QED) is 0.835. The van der Waals surface area contributed by atoms with Gasteiger partial charge in [0.2, 0.25) is 0 Å². The molecule has 0 saturated carbocycles. The summed E-state index contributed by atoms with van der Waals surface area (Å²) in [5, 5.41) is 4.36. The van der Waals surface area contributed by atoms with E-state index in [4.69, 9.17) is 5.73 Å². The number of hydrogen-bond donors (Lipinski definition) is 1. The van der Waals surface area contributed by atoms with Crippen LogP contribution in [0.25, 0.3) is 0 Å². The highest BCUT2D eigenvalue weighted by molar-refractivity contribution is 9.10. The predicted molar refractivity (Wildman–Crippen MR) is 84.4 cm³/mol. The Hall–Kier alpha value is -0.850. The van der Waals surface area contributed by atoms with Crippen LogP contribution in [0.15, 0.2) is 33.6 Å². The Bertz CT molecular complexity index is 583. The lowest BCUT2D eigenvalue weighted by molar-refractivity contribution is 0.626. The average molecular weight is 358 g/mol. The van der Waals surface area contributed by atoms with Crippen LogP contribution in [0, 0.1) is 12.7 Å². The Balaban J connectivity index is 1.92. The van der Waals surface area contributed by atoms with Gasteiger partial charge in [0, 0.05) is 30.2 Å². The molecule has 2 N–H and O–H groups in total. The number of rotatable bonds is 5. The van der Waals surface area contributed by atoms with Gasteiger partial charge in [-0.05, 0) is 47.1 Å². The molecule has 2 aromatic rings. The zero-order valence-corrected chi connectivity index (χ0v) is 13.8. The first-order valence-corrected chi connectivity index (χ1v) is 8.07. The van der Waals surface area contributed by atoms with Gasteiger partial charge in [0.25, 0.3) is 0 Å². The molecule has 0 radical (unpaired) electrons. The third kappa shape index (κ3) is 3.84. The van der Waals surface area contributed by atoms with E-state index in [-0.39, 0.29) is 11.9 Å². The molecule has 0 aliphatic heterocycles. The molecular formula is C14H17BrFN3S. The van der Waals surface area contributed by atoms with Crippen LogP contribution in [0.2, 0.25) is 0 Å². The van der Waals surface area contributed by atoms with Crippen LogP contribution < -0.4 is 5.73 Å². The largest absolute Gasteiger partial charge is 0.327 e. The molecular weight excluding hydrogens is 341 g/mol. The summed E-state index contributed by atoms with van der Waals surface area (Å²) >= 11 is 5.18. The standard InChI is InChI=1S/C14H17BrFN3S/c1-9-14(15)13(19(2)18-9)7-11(17)8-20-12-5-3-10(16)4-6-12/h3-6,11H,7-8,17H2,1-2H3. The molecule has 6 heteroatoms. The lowest BCUT2D eigenvalue weighted by Gasteiger charge is -2.12. The second kappa shape index (κ2) is 6.74. The van der Waals surface area contributed by atoms with Crippen LogP contribution in [-0.4, -0.2) is 21.6 Å². The molecule has 0 aliphatic rings. The minimum atomic E-state index is -0.215. The second-order valence-electron chi connectivity index (χ2n) is 4.70. The molecule has 1 aromatic heterocycles. The Morgan fingerprint density at radius 2 is 2.05 bits per heavy atom. The molecule has 20 heavy (non-hydrogen) atoms. The van der Waals surface area contributed by atoms with Gasteiger partial charge >= 0.3 is 0 Å². The summed E-state index contributed by atoms with van der Waals surface area (Å²) in [7, 11) is 1.92. The van der Waals surface area contributed by atoms with Crippen molar-refractivity contribution in [2.24, 2.45) is 12.8 Å². The zero-order chi connectivity index (χ0) is 14.7. The van der Waals surface area contributed by atoms with Crippen molar-refractivity contribution < 1.29 is 4.39 Å². The predicted octanol–water partition coefficient (Wildman–Crippen LogP) is 3.29. The molecule has 1 atom stereocenters. The maximum Gasteiger partial charge on any atom is 0.123 e. The first-order chi connectivity index (χ1) is 9.47. The molecule has 2 rings (SSSR count). The number of aryl methyl sites for hydroxylation is 2. The molecule has 3 nitrogen and oxygen atoms in total. The van der Waals surface area contributed by atoms with Gasteiger partial charge in [0.1, 0.15) is 5.82 Å². The van der Waals surface area contributed by atoms with Gasteiger partial charge in [0.05, 0.1) is 15.9 Å². The van der Waals surface area contributed by atoms with Gasteiger partial charge in [-0.2, -0.15) is 5.10 Å². The van der Waals surface area contributed by atoms with Gasteiger partial charge in [0.15, 0.2) is 0 Å². The number of nitrogens with zero attached hydrogens (tertiary/aromatic N) is 2. The molecule has 0 spiro atoms. The van der Waals surface area contributed by atoms with Crippen molar-refractivity contribution in [1.29, 1.82) is 0 Å². The van der Waals surface area contributed by atoms with Gasteiger partial charge < -0.3 is 5.73 Å². The number of benzene rings is 1. The number of aromatic nitrogens is 2. The maximum absolute atomic E-state index is 12.8. The Morgan fingerprint density at radius 1 is 1.40 bits per heavy atom. The summed E-state index contributed by atoms with van der Waals surface area (Å²) < 4.78 is 15.7. The highest BCUT2D eigenvalue weighted by Gasteiger charge is 2.14. The molecule has 0 saturated heterocycles. The number of thioether (sulfide) groups is 1. The van der Waals surface area contributed by atoms with Crippen LogP contribution in [0.3, 0.4) is 0 Å². The van der Waals surface area contributed by atoms with Gasteiger partial charge in [-0.15, -0.1) is 11.8 Å². The Kier molecular flexibility index (Phi) is 5.23. The van der Waals surface area contributed by atoms with Crippen molar-refractivity contribution in [3.63, 3.8) is 0 Å². The summed E-state index contributed by atoms with van der Waals surface area (Å²) in [5.41, 5.74) is 8.25. The fourth-order valence-corrected chi connectivity index (χ4v) is 3.29. The summed E-state index contributed by atoms with van der Waals surface area (Å²) in [6, 6.07) is 6.51. The Morgan fingerprint density at radius 3 is 2.60 bits per heavy atom. The fraction of sp³-hybridized carbons (Fsp3) is 0.357. The highest BCUT2D eigenvalue weighted by atomic mass is 79.9. The van der Waals surface area contributed by atoms with Crippen LogP contribution in [-0.2, 0) is 13.5 Å². The van der Waals surface area contributed by atoms with Gasteiger partial charge in [-0.25, -0.2) is 4.39 Å². The third-order valence-corrected chi connectivity index (χ3v) is 5.23. The third-order valence-electron chi connectivity index (χ3n) is 2.99. The van der Waals surface area contributed by atoms with Crippen molar-refractivity contribution in [3.8, 4) is 0 Å². The molecule has 0 bridgehead atoms. The maximum atomic E-state index is 12.8. The lowest BCUT2D eigenvalue weighted by atomic mass is 10.2. The monoisotopic (exact) mass is 357 g/mol. The summed E-state index contributed by atoms with van der Waals surface area (Å²) in [6.07, 6.45) is 0.756. The van der Waals surface area contributed by atoms with E-state index in [1.54, 1.807) is 23.9 Å². The van der Waals surface area contributed by atoms with Crippen molar-refractivity contribution in [2.45, 2.75) is 24.3 Å². The van der Waals surface area contributed by atoms with Crippen molar-refractivity contribution in [1.82, 2.24) is 9.78 Å². The highest BCUT2D eigenvalue weighted by Crippen LogP contribution is 2.23. The molecule has 0 amide bonds. The first-order valence-electron chi connectivity index (χ1n) is 6.29. The number of halogens is 2. The van der Waals surface area contributed by atoms with Crippen LogP contribution >= 0.6 is 27.7 Å². The smallest absolute Gasteiger partial charge is 0.123 e. The van der Waals surface area contributed by atoms with E-state index < -0.39 is 0 Å². The van der Waals surface area contributed by atoms with Crippen molar-refractivity contribution >= 4 is 27.7 Å². The fourth-order valence-electron chi connectivity index (χ4n) is 1.94. The van der Waals surface area contributed by atoms with Crippen LogP contribution in [0.5, 0.6) is 0 Å². The lowest BCUT2D eigenvalue weighted by Crippen LogP contribution is -2.26. The number of nitrogens with two attached hydrogens (primary N) is 1.